The van der Waals surface area contributed by atoms with Crippen LogP contribution in [0.1, 0.15) is 18.2 Å². The highest BCUT2D eigenvalue weighted by Crippen LogP contribution is 2.26. The van der Waals surface area contributed by atoms with E-state index >= 15 is 0 Å². The van der Waals surface area contributed by atoms with Gasteiger partial charge in [-0.05, 0) is 57.6 Å². The van der Waals surface area contributed by atoms with E-state index in [4.69, 9.17) is 16.3 Å². The molecule has 2 aromatic rings. The zero-order valence-corrected chi connectivity index (χ0v) is 17.3. The Kier molecular flexibility index (Phi) is 7.25. The van der Waals surface area contributed by atoms with E-state index in [1.54, 1.807) is 18.5 Å². The van der Waals surface area contributed by atoms with Crippen molar-refractivity contribution in [1.29, 1.82) is 0 Å². The Hall–Kier alpha value is -0.710. The van der Waals surface area contributed by atoms with Gasteiger partial charge in [-0.2, -0.15) is 5.10 Å². The largest absolute Gasteiger partial charge is 0.466 e. The van der Waals surface area contributed by atoms with Crippen molar-refractivity contribution in [3.8, 4) is 0 Å². The standard InChI is InChI=1S/C14H12BrClIN3O2S/c1-2-22-12(21)5-10-7-23-14(19-10)20-18-6-8-3-9(16)4-11(17)13(8)15/h3-4,6-7H,2,5H2,1H3,(H,19,20). The predicted molar refractivity (Wildman–Crippen MR) is 106 cm³/mol. The molecule has 0 atom stereocenters. The summed E-state index contributed by atoms with van der Waals surface area (Å²) < 4.78 is 6.82. The first-order valence-corrected chi connectivity index (χ1v) is 9.66. The molecule has 1 aromatic heterocycles. The summed E-state index contributed by atoms with van der Waals surface area (Å²) in [5, 5.41) is 7.20. The monoisotopic (exact) mass is 527 g/mol. The van der Waals surface area contributed by atoms with Gasteiger partial charge in [0.15, 0.2) is 0 Å². The maximum absolute atomic E-state index is 11.4. The summed E-state index contributed by atoms with van der Waals surface area (Å²) in [6, 6.07) is 3.67. The molecule has 0 unspecified atom stereocenters. The normalized spacial score (nSPS) is 11.0. The minimum Gasteiger partial charge on any atom is -0.466 e. The summed E-state index contributed by atoms with van der Waals surface area (Å²) in [6.07, 6.45) is 1.82. The first-order chi connectivity index (χ1) is 11.0. The minimum absolute atomic E-state index is 0.160. The van der Waals surface area contributed by atoms with Crippen LogP contribution in [-0.2, 0) is 16.0 Å². The van der Waals surface area contributed by atoms with Crippen LogP contribution in [0.3, 0.4) is 0 Å². The Morgan fingerprint density at radius 3 is 3.13 bits per heavy atom. The molecule has 2 rings (SSSR count). The van der Waals surface area contributed by atoms with Crippen molar-refractivity contribution in [3.05, 3.63) is 41.8 Å². The van der Waals surface area contributed by atoms with E-state index in [0.717, 1.165) is 13.6 Å². The molecule has 0 spiro atoms. The number of benzene rings is 1. The number of thiazole rings is 1. The highest BCUT2D eigenvalue weighted by atomic mass is 127. The van der Waals surface area contributed by atoms with Crippen molar-refractivity contribution in [2.75, 3.05) is 12.0 Å². The lowest BCUT2D eigenvalue weighted by Crippen LogP contribution is -2.07. The third kappa shape index (κ3) is 5.70. The fourth-order valence-electron chi connectivity index (χ4n) is 1.63. The van der Waals surface area contributed by atoms with Crippen LogP contribution in [0.15, 0.2) is 27.1 Å². The van der Waals surface area contributed by atoms with Crippen LogP contribution in [0.5, 0.6) is 0 Å². The van der Waals surface area contributed by atoms with E-state index < -0.39 is 0 Å². The second-order valence-electron chi connectivity index (χ2n) is 4.29. The molecule has 0 bridgehead atoms. The summed E-state index contributed by atoms with van der Waals surface area (Å²) in [7, 11) is 0. The van der Waals surface area contributed by atoms with E-state index in [9.17, 15) is 4.79 Å². The van der Waals surface area contributed by atoms with E-state index in [1.807, 2.05) is 12.1 Å². The number of nitrogens with zero attached hydrogens (tertiary/aromatic N) is 2. The van der Waals surface area contributed by atoms with Gasteiger partial charge in [-0.25, -0.2) is 4.98 Å². The molecule has 0 aliphatic heterocycles. The second kappa shape index (κ2) is 8.95. The molecule has 23 heavy (non-hydrogen) atoms. The smallest absolute Gasteiger partial charge is 0.311 e. The van der Waals surface area contributed by atoms with Gasteiger partial charge in [0.05, 0.1) is 24.9 Å². The summed E-state index contributed by atoms with van der Waals surface area (Å²) in [4.78, 5) is 15.7. The highest BCUT2D eigenvalue weighted by molar-refractivity contribution is 14.1. The number of hydrazone groups is 1. The summed E-state index contributed by atoms with van der Waals surface area (Å²) in [5.74, 6) is -0.287. The first-order valence-electron chi connectivity index (χ1n) is 6.53. The maximum atomic E-state index is 11.4. The molecule has 0 saturated heterocycles. The van der Waals surface area contributed by atoms with Crippen LogP contribution in [0, 0.1) is 3.57 Å². The molecular weight excluding hydrogens is 517 g/mol. The molecule has 0 aliphatic rings. The lowest BCUT2D eigenvalue weighted by Gasteiger charge is -2.02. The second-order valence-corrected chi connectivity index (χ2v) is 7.54. The fourth-order valence-corrected chi connectivity index (χ4v) is 3.67. The first kappa shape index (κ1) is 18.6. The average Bonchev–Trinajstić information content (AvgIpc) is 2.91. The van der Waals surface area contributed by atoms with Crippen molar-refractivity contribution in [3.63, 3.8) is 0 Å². The Morgan fingerprint density at radius 1 is 1.61 bits per heavy atom. The van der Waals surface area contributed by atoms with Gasteiger partial charge in [0.25, 0.3) is 0 Å². The van der Waals surface area contributed by atoms with E-state index in [2.05, 4.69) is 54.0 Å². The zero-order chi connectivity index (χ0) is 16.8. The van der Waals surface area contributed by atoms with Crippen molar-refractivity contribution in [1.82, 2.24) is 4.98 Å². The third-order valence-corrected chi connectivity index (χ3v) is 6.06. The SMILES string of the molecule is CCOC(=O)Cc1csc(NN=Cc2cc(Cl)cc(I)c2Br)n1. The van der Waals surface area contributed by atoms with Crippen LogP contribution in [0.25, 0.3) is 0 Å². The number of carbonyl (C=O) groups excluding carboxylic acids is 1. The van der Waals surface area contributed by atoms with Gasteiger partial charge in [-0.1, -0.05) is 11.6 Å². The Morgan fingerprint density at radius 2 is 2.39 bits per heavy atom. The molecule has 1 heterocycles. The van der Waals surface area contributed by atoms with E-state index in [1.165, 1.54) is 11.3 Å². The van der Waals surface area contributed by atoms with Gasteiger partial charge >= 0.3 is 5.97 Å². The van der Waals surface area contributed by atoms with Crippen LogP contribution in [-0.4, -0.2) is 23.8 Å². The molecular formula is C14H12BrClIN3O2S. The minimum atomic E-state index is -0.287. The molecule has 1 aromatic carbocycles. The number of hydrogen-bond donors (Lipinski definition) is 1. The summed E-state index contributed by atoms with van der Waals surface area (Å²) in [6.45, 7) is 2.14. The van der Waals surface area contributed by atoms with Crippen molar-refractivity contribution in [2.24, 2.45) is 5.10 Å². The number of aromatic nitrogens is 1. The van der Waals surface area contributed by atoms with E-state index in [-0.39, 0.29) is 12.4 Å². The van der Waals surface area contributed by atoms with Gasteiger partial charge in [-0.15, -0.1) is 11.3 Å². The number of halogens is 3. The van der Waals surface area contributed by atoms with Crippen LogP contribution >= 0.6 is 61.5 Å². The number of anilines is 1. The number of ether oxygens (including phenoxy) is 1. The Labute approximate surface area is 164 Å². The van der Waals surface area contributed by atoms with Crippen molar-refractivity contribution in [2.45, 2.75) is 13.3 Å². The molecule has 122 valence electrons. The lowest BCUT2D eigenvalue weighted by atomic mass is 10.2. The molecule has 1 N–H and O–H groups in total. The van der Waals surface area contributed by atoms with Gasteiger partial charge in [0, 0.05) is 24.0 Å². The van der Waals surface area contributed by atoms with Gasteiger partial charge in [0.2, 0.25) is 5.13 Å². The topological polar surface area (TPSA) is 63.6 Å². The number of nitrogens with one attached hydrogen (secondary N) is 1. The Balaban J connectivity index is 1.99. The van der Waals surface area contributed by atoms with E-state index in [0.29, 0.717) is 22.5 Å². The van der Waals surface area contributed by atoms with Crippen LogP contribution < -0.4 is 5.43 Å². The maximum Gasteiger partial charge on any atom is 0.311 e. The molecule has 9 heteroatoms. The predicted octanol–water partition coefficient (Wildman–Crippen LogP) is 4.72. The average molecular weight is 529 g/mol. The van der Waals surface area contributed by atoms with Crippen LogP contribution in [0.2, 0.25) is 5.02 Å². The Bertz CT molecular complexity index is 739. The molecule has 5 nitrogen and oxygen atoms in total. The van der Waals surface area contributed by atoms with Crippen molar-refractivity contribution >= 4 is 78.8 Å². The molecule has 0 aliphatic carbocycles. The quantitative estimate of drug-likeness (QED) is 0.194. The van der Waals surface area contributed by atoms with Gasteiger partial charge in [-0.3, -0.25) is 10.2 Å². The van der Waals surface area contributed by atoms with Crippen molar-refractivity contribution < 1.29 is 9.53 Å². The van der Waals surface area contributed by atoms with Gasteiger partial charge < -0.3 is 4.74 Å². The zero-order valence-electron chi connectivity index (χ0n) is 12.0. The number of hydrogen-bond acceptors (Lipinski definition) is 6. The van der Waals surface area contributed by atoms with Gasteiger partial charge in [0.1, 0.15) is 0 Å². The fraction of sp³-hybridized carbons (Fsp3) is 0.214. The number of esters is 1. The molecule has 0 saturated carbocycles. The number of carbonyl (C=O) groups is 1. The molecule has 0 fully saturated rings. The molecule has 0 amide bonds. The van der Waals surface area contributed by atoms with Crippen LogP contribution in [0.4, 0.5) is 5.13 Å². The summed E-state index contributed by atoms with van der Waals surface area (Å²) >= 11 is 13.1. The number of rotatable bonds is 6. The summed E-state index contributed by atoms with van der Waals surface area (Å²) in [5.41, 5.74) is 4.36. The lowest BCUT2D eigenvalue weighted by molar-refractivity contribution is -0.142. The third-order valence-electron chi connectivity index (χ3n) is 2.57. The highest BCUT2D eigenvalue weighted by Gasteiger charge is 2.08. The molecule has 0 radical (unpaired) electrons.